The molecule has 1 aromatic carbocycles. The van der Waals surface area contributed by atoms with Crippen LogP contribution in [-0.4, -0.2) is 19.7 Å². The summed E-state index contributed by atoms with van der Waals surface area (Å²) >= 11 is 0. The second kappa shape index (κ2) is 8.18. The van der Waals surface area contributed by atoms with Crippen molar-refractivity contribution in [2.45, 2.75) is 33.1 Å². The number of hydrogen-bond donors (Lipinski definition) is 2. The molecule has 0 saturated heterocycles. The van der Waals surface area contributed by atoms with E-state index < -0.39 is 0 Å². The molecule has 3 heteroatoms. The number of hydrogen-bond acceptors (Lipinski definition) is 3. The number of rotatable bonds is 8. The molecule has 0 bridgehead atoms. The first-order chi connectivity index (χ1) is 9.13. The second-order valence-electron chi connectivity index (χ2n) is 5.30. The Morgan fingerprint density at radius 1 is 1.05 bits per heavy atom. The van der Waals surface area contributed by atoms with Gasteiger partial charge in [0.25, 0.3) is 0 Å². The van der Waals surface area contributed by atoms with Gasteiger partial charge in [0.05, 0.1) is 6.61 Å². The standard InChI is InChI=1S/C16H28N2O/c1-4-9-19-16-7-5-14(6-8-16)12(2)13(3)15(10-17)11-18/h5-8,12-13,15H,4,9-11,17-18H2,1-3H3. The number of benzene rings is 1. The van der Waals surface area contributed by atoms with Gasteiger partial charge in [0, 0.05) is 0 Å². The van der Waals surface area contributed by atoms with Crippen molar-refractivity contribution < 1.29 is 4.74 Å². The number of ether oxygens (including phenoxy) is 1. The van der Waals surface area contributed by atoms with E-state index in [-0.39, 0.29) is 0 Å². The van der Waals surface area contributed by atoms with Crippen LogP contribution in [-0.2, 0) is 0 Å². The van der Waals surface area contributed by atoms with Crippen LogP contribution in [0.25, 0.3) is 0 Å². The minimum absolute atomic E-state index is 0.381. The highest BCUT2D eigenvalue weighted by Gasteiger charge is 2.21. The molecule has 19 heavy (non-hydrogen) atoms. The van der Waals surface area contributed by atoms with Crippen molar-refractivity contribution in [3.63, 3.8) is 0 Å². The molecule has 2 atom stereocenters. The van der Waals surface area contributed by atoms with Gasteiger partial charge in [-0.1, -0.05) is 32.9 Å². The molecule has 2 unspecified atom stereocenters. The highest BCUT2D eigenvalue weighted by molar-refractivity contribution is 5.29. The van der Waals surface area contributed by atoms with E-state index in [1.165, 1.54) is 5.56 Å². The topological polar surface area (TPSA) is 61.3 Å². The summed E-state index contributed by atoms with van der Waals surface area (Å²) in [5.41, 5.74) is 12.9. The maximum atomic E-state index is 5.78. The summed E-state index contributed by atoms with van der Waals surface area (Å²) in [4.78, 5) is 0. The largest absolute Gasteiger partial charge is 0.494 e. The zero-order valence-electron chi connectivity index (χ0n) is 12.4. The molecule has 0 amide bonds. The van der Waals surface area contributed by atoms with E-state index in [2.05, 4.69) is 32.9 Å². The van der Waals surface area contributed by atoms with Crippen LogP contribution in [0, 0.1) is 11.8 Å². The van der Waals surface area contributed by atoms with Gasteiger partial charge in [-0.15, -0.1) is 0 Å². The van der Waals surface area contributed by atoms with Crippen molar-refractivity contribution in [2.75, 3.05) is 19.7 Å². The monoisotopic (exact) mass is 264 g/mol. The van der Waals surface area contributed by atoms with E-state index in [0.29, 0.717) is 30.8 Å². The molecular formula is C16H28N2O. The average Bonchev–Trinajstić information content (AvgIpc) is 2.46. The summed E-state index contributed by atoms with van der Waals surface area (Å²) in [6.07, 6.45) is 1.03. The minimum Gasteiger partial charge on any atom is -0.494 e. The Labute approximate surface area is 117 Å². The maximum Gasteiger partial charge on any atom is 0.119 e. The van der Waals surface area contributed by atoms with Gasteiger partial charge in [-0.25, -0.2) is 0 Å². The summed E-state index contributed by atoms with van der Waals surface area (Å²) in [5, 5.41) is 0. The van der Waals surface area contributed by atoms with Crippen molar-refractivity contribution in [2.24, 2.45) is 23.3 Å². The van der Waals surface area contributed by atoms with Gasteiger partial charge in [-0.3, -0.25) is 0 Å². The van der Waals surface area contributed by atoms with E-state index in [0.717, 1.165) is 18.8 Å². The predicted molar refractivity (Wildman–Crippen MR) is 81.4 cm³/mol. The van der Waals surface area contributed by atoms with Crippen molar-refractivity contribution in [1.29, 1.82) is 0 Å². The molecule has 0 aromatic heterocycles. The van der Waals surface area contributed by atoms with Gasteiger partial charge >= 0.3 is 0 Å². The van der Waals surface area contributed by atoms with Crippen molar-refractivity contribution in [1.82, 2.24) is 0 Å². The molecule has 3 nitrogen and oxygen atoms in total. The highest BCUT2D eigenvalue weighted by Crippen LogP contribution is 2.30. The fraction of sp³-hybridized carbons (Fsp3) is 0.625. The minimum atomic E-state index is 0.381. The lowest BCUT2D eigenvalue weighted by Gasteiger charge is -2.27. The van der Waals surface area contributed by atoms with Crippen molar-refractivity contribution >= 4 is 0 Å². The van der Waals surface area contributed by atoms with Crippen LogP contribution < -0.4 is 16.2 Å². The van der Waals surface area contributed by atoms with Crippen LogP contribution in [0.3, 0.4) is 0 Å². The van der Waals surface area contributed by atoms with E-state index >= 15 is 0 Å². The normalized spacial score (nSPS) is 14.4. The summed E-state index contributed by atoms with van der Waals surface area (Å²) < 4.78 is 5.60. The molecule has 0 aliphatic rings. The average molecular weight is 264 g/mol. The summed E-state index contributed by atoms with van der Waals surface area (Å²) in [5.74, 6) is 2.26. The van der Waals surface area contributed by atoms with Gasteiger partial charge in [0.15, 0.2) is 0 Å². The lowest BCUT2D eigenvalue weighted by Crippen LogP contribution is -2.31. The Morgan fingerprint density at radius 2 is 1.63 bits per heavy atom. The lowest BCUT2D eigenvalue weighted by atomic mass is 9.80. The first-order valence-electron chi connectivity index (χ1n) is 7.26. The first-order valence-corrected chi connectivity index (χ1v) is 7.26. The molecule has 0 saturated carbocycles. The summed E-state index contributed by atoms with van der Waals surface area (Å²) in [7, 11) is 0. The fourth-order valence-electron chi connectivity index (χ4n) is 2.32. The zero-order valence-corrected chi connectivity index (χ0v) is 12.4. The molecular weight excluding hydrogens is 236 g/mol. The molecule has 0 heterocycles. The molecule has 0 spiro atoms. The van der Waals surface area contributed by atoms with Crippen LogP contribution in [0.15, 0.2) is 24.3 Å². The third-order valence-electron chi connectivity index (χ3n) is 4.02. The maximum absolute atomic E-state index is 5.78. The molecule has 0 aliphatic heterocycles. The Morgan fingerprint density at radius 3 is 2.11 bits per heavy atom. The smallest absolute Gasteiger partial charge is 0.119 e. The second-order valence-corrected chi connectivity index (χ2v) is 5.30. The van der Waals surface area contributed by atoms with E-state index in [1.807, 2.05) is 12.1 Å². The van der Waals surface area contributed by atoms with Gasteiger partial charge < -0.3 is 16.2 Å². The highest BCUT2D eigenvalue weighted by atomic mass is 16.5. The summed E-state index contributed by atoms with van der Waals surface area (Å²) in [6.45, 7) is 8.66. The van der Waals surface area contributed by atoms with E-state index in [9.17, 15) is 0 Å². The first kappa shape index (κ1) is 16.0. The molecule has 0 fully saturated rings. The van der Waals surface area contributed by atoms with Crippen LogP contribution in [0.1, 0.15) is 38.7 Å². The zero-order chi connectivity index (χ0) is 14.3. The van der Waals surface area contributed by atoms with Gasteiger partial charge in [-0.2, -0.15) is 0 Å². The third-order valence-corrected chi connectivity index (χ3v) is 4.02. The predicted octanol–water partition coefficient (Wildman–Crippen LogP) is 2.75. The Kier molecular flexibility index (Phi) is 6.89. The SMILES string of the molecule is CCCOc1ccc(C(C)C(C)C(CN)CN)cc1. The lowest BCUT2D eigenvalue weighted by molar-refractivity contribution is 0.315. The fourth-order valence-corrected chi connectivity index (χ4v) is 2.32. The summed E-state index contributed by atoms with van der Waals surface area (Å²) in [6, 6.07) is 8.40. The van der Waals surface area contributed by atoms with E-state index in [4.69, 9.17) is 16.2 Å². The molecule has 0 radical (unpaired) electrons. The van der Waals surface area contributed by atoms with Gasteiger partial charge in [0.2, 0.25) is 0 Å². The Balaban J connectivity index is 2.68. The Bertz CT molecular complexity index is 346. The van der Waals surface area contributed by atoms with Crippen molar-refractivity contribution in [3.05, 3.63) is 29.8 Å². The van der Waals surface area contributed by atoms with Crippen LogP contribution in [0.4, 0.5) is 0 Å². The van der Waals surface area contributed by atoms with E-state index in [1.54, 1.807) is 0 Å². The molecule has 1 aromatic rings. The number of nitrogens with two attached hydrogens (primary N) is 2. The van der Waals surface area contributed by atoms with Gasteiger partial charge in [-0.05, 0) is 55.0 Å². The van der Waals surface area contributed by atoms with Gasteiger partial charge in [0.1, 0.15) is 5.75 Å². The molecule has 4 N–H and O–H groups in total. The molecule has 0 aliphatic carbocycles. The Hall–Kier alpha value is -1.06. The van der Waals surface area contributed by atoms with Crippen LogP contribution in [0.5, 0.6) is 5.75 Å². The van der Waals surface area contributed by atoms with Crippen molar-refractivity contribution in [3.8, 4) is 5.75 Å². The molecule has 108 valence electrons. The van der Waals surface area contributed by atoms with Crippen LogP contribution in [0.2, 0.25) is 0 Å². The quantitative estimate of drug-likeness (QED) is 0.759. The molecule has 1 rings (SSSR count). The van der Waals surface area contributed by atoms with Crippen LogP contribution >= 0.6 is 0 Å². The third kappa shape index (κ3) is 4.51.